The second kappa shape index (κ2) is 13.4. The molecule has 2 N–H and O–H groups in total. The zero-order valence-electron chi connectivity index (χ0n) is 19.6. The molecule has 8 nitrogen and oxygen atoms in total. The summed E-state index contributed by atoms with van der Waals surface area (Å²) in [4.78, 5) is 6.80. The molecule has 1 aromatic heterocycles. The minimum atomic E-state index is 0. The largest absolute Gasteiger partial charge is 0.493 e. The van der Waals surface area contributed by atoms with Crippen molar-refractivity contribution in [2.45, 2.75) is 38.6 Å². The predicted molar refractivity (Wildman–Crippen MR) is 141 cm³/mol. The number of aliphatic imine (C=N–C) groups is 1. The maximum Gasteiger partial charge on any atom is 0.191 e. The van der Waals surface area contributed by atoms with E-state index in [2.05, 4.69) is 44.0 Å². The molecule has 0 spiro atoms. The van der Waals surface area contributed by atoms with Crippen LogP contribution in [0.3, 0.4) is 0 Å². The number of ether oxygens (including phenoxy) is 2. The van der Waals surface area contributed by atoms with Gasteiger partial charge in [-0.05, 0) is 50.3 Å². The molecule has 1 aliphatic heterocycles. The fraction of sp³-hybridized carbons (Fsp3) is 0.565. The quantitative estimate of drug-likeness (QED) is 0.214. The number of anilines is 1. The molecule has 0 amide bonds. The van der Waals surface area contributed by atoms with Crippen LogP contribution in [0.4, 0.5) is 5.69 Å². The van der Waals surface area contributed by atoms with Gasteiger partial charge in [0.1, 0.15) is 0 Å². The van der Waals surface area contributed by atoms with Gasteiger partial charge >= 0.3 is 0 Å². The van der Waals surface area contributed by atoms with Gasteiger partial charge in [0, 0.05) is 46.0 Å². The van der Waals surface area contributed by atoms with E-state index >= 15 is 0 Å². The number of aromatic nitrogens is 2. The lowest BCUT2D eigenvalue weighted by Gasteiger charge is -2.34. The summed E-state index contributed by atoms with van der Waals surface area (Å²) in [5, 5.41) is 11.3. The highest BCUT2D eigenvalue weighted by Crippen LogP contribution is 2.28. The van der Waals surface area contributed by atoms with Crippen molar-refractivity contribution in [2.24, 2.45) is 12.0 Å². The minimum Gasteiger partial charge on any atom is -0.493 e. The molecule has 1 atom stereocenters. The fourth-order valence-electron chi connectivity index (χ4n) is 3.93. The Hall–Kier alpha value is -2.17. The molecule has 1 unspecified atom stereocenters. The van der Waals surface area contributed by atoms with Crippen molar-refractivity contribution in [3.63, 3.8) is 0 Å². The van der Waals surface area contributed by atoms with Gasteiger partial charge in [-0.2, -0.15) is 5.10 Å². The highest BCUT2D eigenvalue weighted by Gasteiger charge is 2.21. The van der Waals surface area contributed by atoms with E-state index in [1.807, 2.05) is 38.0 Å². The Balaban J connectivity index is 0.00000363. The Morgan fingerprint density at radius 3 is 2.84 bits per heavy atom. The van der Waals surface area contributed by atoms with Gasteiger partial charge in [-0.25, -0.2) is 0 Å². The molecule has 0 radical (unpaired) electrons. The smallest absolute Gasteiger partial charge is 0.191 e. The van der Waals surface area contributed by atoms with E-state index in [0.29, 0.717) is 12.6 Å². The molecule has 0 saturated carbocycles. The average Bonchev–Trinajstić information content (AvgIpc) is 3.23. The Labute approximate surface area is 208 Å². The van der Waals surface area contributed by atoms with Crippen LogP contribution in [0.25, 0.3) is 0 Å². The lowest BCUT2D eigenvalue weighted by Crippen LogP contribution is -2.51. The van der Waals surface area contributed by atoms with Gasteiger partial charge < -0.3 is 25.0 Å². The highest BCUT2D eigenvalue weighted by atomic mass is 127. The number of rotatable bonds is 9. The van der Waals surface area contributed by atoms with Crippen molar-refractivity contribution < 1.29 is 9.47 Å². The number of hydrogen-bond acceptors (Lipinski definition) is 5. The van der Waals surface area contributed by atoms with Gasteiger partial charge in [-0.15, -0.1) is 24.0 Å². The first-order chi connectivity index (χ1) is 15.1. The number of nitrogens with one attached hydrogen (secondary N) is 2. The zero-order valence-corrected chi connectivity index (χ0v) is 22.0. The van der Waals surface area contributed by atoms with Crippen LogP contribution in [0.5, 0.6) is 11.5 Å². The summed E-state index contributed by atoms with van der Waals surface area (Å²) in [6, 6.07) is 6.52. The van der Waals surface area contributed by atoms with Crippen molar-refractivity contribution in [1.82, 2.24) is 20.4 Å². The number of hydrogen-bond donors (Lipinski definition) is 2. The molecule has 2 aromatic rings. The highest BCUT2D eigenvalue weighted by molar-refractivity contribution is 14.0. The van der Waals surface area contributed by atoms with E-state index in [1.54, 1.807) is 7.11 Å². The normalized spacial score (nSPS) is 16.3. The van der Waals surface area contributed by atoms with Gasteiger partial charge in [0.05, 0.1) is 25.6 Å². The molecule has 1 aromatic carbocycles. The maximum atomic E-state index is 5.68. The molecule has 1 fully saturated rings. The van der Waals surface area contributed by atoms with E-state index in [1.165, 1.54) is 11.3 Å². The first-order valence-corrected chi connectivity index (χ1v) is 11.1. The zero-order chi connectivity index (χ0) is 22.1. The molecule has 0 bridgehead atoms. The van der Waals surface area contributed by atoms with E-state index in [4.69, 9.17) is 9.47 Å². The van der Waals surface area contributed by atoms with Gasteiger partial charge in [-0.1, -0.05) is 6.07 Å². The molecule has 178 valence electrons. The van der Waals surface area contributed by atoms with E-state index < -0.39 is 0 Å². The number of benzene rings is 1. The van der Waals surface area contributed by atoms with Crippen LogP contribution in [0.2, 0.25) is 0 Å². The molecule has 1 saturated heterocycles. The summed E-state index contributed by atoms with van der Waals surface area (Å²) in [6.45, 7) is 5.49. The van der Waals surface area contributed by atoms with Crippen LogP contribution < -0.4 is 25.0 Å². The summed E-state index contributed by atoms with van der Waals surface area (Å²) < 4.78 is 12.9. The van der Waals surface area contributed by atoms with Crippen molar-refractivity contribution in [3.05, 3.63) is 36.2 Å². The summed E-state index contributed by atoms with van der Waals surface area (Å²) >= 11 is 0. The van der Waals surface area contributed by atoms with Gasteiger partial charge in [-0.3, -0.25) is 9.67 Å². The van der Waals surface area contributed by atoms with Gasteiger partial charge in [0.15, 0.2) is 17.5 Å². The Bertz CT molecular complexity index is 857. The molecule has 1 aliphatic rings. The standard InChI is InChI=1S/C23H36N6O2.HI/c1-5-31-22-14-18(10-11-21(22)30-4)8-6-12-25-23(24-2)27-19-9-7-13-29(16-19)20-15-26-28(3)17-20;/h10-11,14-15,17,19H,5-9,12-13,16H2,1-4H3,(H2,24,25,27);1H. The third-order valence-electron chi connectivity index (χ3n) is 5.50. The number of nitrogens with zero attached hydrogens (tertiary/aromatic N) is 4. The first-order valence-electron chi connectivity index (χ1n) is 11.1. The van der Waals surface area contributed by atoms with Crippen molar-refractivity contribution in [1.29, 1.82) is 0 Å². The van der Waals surface area contributed by atoms with Crippen LogP contribution in [-0.4, -0.2) is 62.2 Å². The molecular formula is C23H37IN6O2. The average molecular weight is 556 g/mol. The fourth-order valence-corrected chi connectivity index (χ4v) is 3.93. The van der Waals surface area contributed by atoms with E-state index in [9.17, 15) is 0 Å². The minimum absolute atomic E-state index is 0. The third-order valence-corrected chi connectivity index (χ3v) is 5.50. The van der Waals surface area contributed by atoms with Crippen molar-refractivity contribution in [3.8, 4) is 11.5 Å². The predicted octanol–water partition coefficient (Wildman–Crippen LogP) is 3.21. The lowest BCUT2D eigenvalue weighted by molar-refractivity contribution is 0.310. The molecule has 32 heavy (non-hydrogen) atoms. The third kappa shape index (κ3) is 7.46. The number of aryl methyl sites for hydroxylation is 2. The van der Waals surface area contributed by atoms with E-state index in [-0.39, 0.29) is 24.0 Å². The number of halogens is 1. The second-order valence-electron chi connectivity index (χ2n) is 7.82. The van der Waals surface area contributed by atoms with Crippen molar-refractivity contribution >= 4 is 35.6 Å². The SMILES string of the molecule is CCOc1cc(CCCNC(=NC)NC2CCCN(c3cnn(C)c3)C2)ccc1OC.I. The summed E-state index contributed by atoms with van der Waals surface area (Å²) in [6.07, 6.45) is 8.28. The molecule has 9 heteroatoms. The monoisotopic (exact) mass is 556 g/mol. The number of piperidine rings is 1. The summed E-state index contributed by atoms with van der Waals surface area (Å²) in [7, 11) is 5.45. The van der Waals surface area contributed by atoms with E-state index in [0.717, 1.165) is 62.8 Å². The Kier molecular flexibility index (Phi) is 10.9. The summed E-state index contributed by atoms with van der Waals surface area (Å²) in [5.41, 5.74) is 2.43. The van der Waals surface area contributed by atoms with Crippen LogP contribution in [0.15, 0.2) is 35.6 Å². The molecular weight excluding hydrogens is 519 g/mol. The molecule has 2 heterocycles. The van der Waals surface area contributed by atoms with Gasteiger partial charge in [0.2, 0.25) is 0 Å². The topological polar surface area (TPSA) is 75.9 Å². The second-order valence-corrected chi connectivity index (χ2v) is 7.82. The number of methoxy groups -OCH3 is 1. The molecule has 0 aliphatic carbocycles. The Morgan fingerprint density at radius 1 is 1.31 bits per heavy atom. The lowest BCUT2D eigenvalue weighted by atomic mass is 10.1. The Morgan fingerprint density at radius 2 is 2.16 bits per heavy atom. The molecule has 3 rings (SSSR count). The summed E-state index contributed by atoms with van der Waals surface area (Å²) in [5.74, 6) is 2.45. The van der Waals surface area contributed by atoms with Gasteiger partial charge in [0.25, 0.3) is 0 Å². The van der Waals surface area contributed by atoms with Crippen LogP contribution in [0.1, 0.15) is 31.7 Å². The van der Waals surface area contributed by atoms with Crippen molar-refractivity contribution in [2.75, 3.05) is 45.3 Å². The van der Waals surface area contributed by atoms with Crippen LogP contribution in [-0.2, 0) is 13.5 Å². The number of guanidine groups is 1. The first kappa shape index (κ1) is 26.1. The maximum absolute atomic E-state index is 5.68. The van der Waals surface area contributed by atoms with Crippen LogP contribution >= 0.6 is 24.0 Å². The van der Waals surface area contributed by atoms with Crippen LogP contribution in [0, 0.1) is 0 Å².